The van der Waals surface area contributed by atoms with Crippen molar-refractivity contribution in [2.24, 2.45) is 5.73 Å². The number of rotatable bonds is 4. The minimum absolute atomic E-state index is 0.0158. The third-order valence-electron chi connectivity index (χ3n) is 2.53. The zero-order chi connectivity index (χ0) is 11.3. The van der Waals surface area contributed by atoms with Gasteiger partial charge in [-0.1, -0.05) is 0 Å². The molecular formula is C10H21N3O2. The van der Waals surface area contributed by atoms with E-state index in [2.05, 4.69) is 0 Å². The molecule has 1 atom stereocenters. The minimum atomic E-state index is 0.0158. The lowest BCUT2D eigenvalue weighted by Gasteiger charge is -2.32. The van der Waals surface area contributed by atoms with Crippen LogP contribution in [-0.4, -0.2) is 68.7 Å². The molecule has 5 heteroatoms. The van der Waals surface area contributed by atoms with Gasteiger partial charge in [-0.25, -0.2) is 0 Å². The molecule has 1 amide bonds. The van der Waals surface area contributed by atoms with Gasteiger partial charge in [0.15, 0.2) is 0 Å². The SMILES string of the molecule is CN(C)CCC(=O)N1CCOC(CN)C1. The van der Waals surface area contributed by atoms with Gasteiger partial charge in [0.05, 0.1) is 12.7 Å². The largest absolute Gasteiger partial charge is 0.373 e. The Kier molecular flexibility index (Phi) is 5.01. The van der Waals surface area contributed by atoms with Crippen molar-refractivity contribution < 1.29 is 9.53 Å². The number of ether oxygens (including phenoxy) is 1. The molecule has 2 N–H and O–H groups in total. The van der Waals surface area contributed by atoms with E-state index in [-0.39, 0.29) is 12.0 Å². The lowest BCUT2D eigenvalue weighted by molar-refractivity contribution is -0.138. The lowest BCUT2D eigenvalue weighted by atomic mass is 10.2. The van der Waals surface area contributed by atoms with Crippen molar-refractivity contribution in [2.75, 3.05) is 46.9 Å². The molecule has 1 fully saturated rings. The summed E-state index contributed by atoms with van der Waals surface area (Å²) in [5.41, 5.74) is 5.52. The van der Waals surface area contributed by atoms with Crippen LogP contribution in [0.2, 0.25) is 0 Å². The summed E-state index contributed by atoms with van der Waals surface area (Å²) in [7, 11) is 3.94. The first-order chi connectivity index (χ1) is 7.13. The van der Waals surface area contributed by atoms with Crippen LogP contribution in [0.1, 0.15) is 6.42 Å². The van der Waals surface area contributed by atoms with E-state index in [0.717, 1.165) is 6.54 Å². The maximum Gasteiger partial charge on any atom is 0.224 e. The van der Waals surface area contributed by atoms with Crippen LogP contribution in [0.15, 0.2) is 0 Å². The number of amides is 1. The van der Waals surface area contributed by atoms with Crippen molar-refractivity contribution in [3.05, 3.63) is 0 Å². The Balaban J connectivity index is 2.32. The van der Waals surface area contributed by atoms with Crippen LogP contribution in [0, 0.1) is 0 Å². The standard InChI is InChI=1S/C10H21N3O2/c1-12(2)4-3-10(14)13-5-6-15-9(7-11)8-13/h9H,3-8,11H2,1-2H3. The van der Waals surface area contributed by atoms with E-state index in [9.17, 15) is 4.79 Å². The molecule has 1 aliphatic heterocycles. The van der Waals surface area contributed by atoms with Gasteiger partial charge >= 0.3 is 0 Å². The van der Waals surface area contributed by atoms with Crippen LogP contribution in [0.3, 0.4) is 0 Å². The maximum absolute atomic E-state index is 11.8. The van der Waals surface area contributed by atoms with E-state index in [1.165, 1.54) is 0 Å². The fourth-order valence-electron chi connectivity index (χ4n) is 1.57. The van der Waals surface area contributed by atoms with E-state index in [0.29, 0.717) is 32.7 Å². The van der Waals surface area contributed by atoms with E-state index in [1.807, 2.05) is 23.9 Å². The summed E-state index contributed by atoms with van der Waals surface area (Å²) in [4.78, 5) is 15.6. The molecule has 0 aromatic heterocycles. The number of morpholine rings is 1. The first-order valence-electron chi connectivity index (χ1n) is 5.37. The Hall–Kier alpha value is -0.650. The van der Waals surface area contributed by atoms with Gasteiger partial charge in [0.2, 0.25) is 5.91 Å². The smallest absolute Gasteiger partial charge is 0.224 e. The fourth-order valence-corrected chi connectivity index (χ4v) is 1.57. The van der Waals surface area contributed by atoms with Crippen LogP contribution in [0.5, 0.6) is 0 Å². The summed E-state index contributed by atoms with van der Waals surface area (Å²) >= 11 is 0. The Morgan fingerprint density at radius 3 is 2.93 bits per heavy atom. The molecule has 0 saturated carbocycles. The molecule has 0 radical (unpaired) electrons. The minimum Gasteiger partial charge on any atom is -0.373 e. The van der Waals surface area contributed by atoms with Crippen molar-refractivity contribution in [1.29, 1.82) is 0 Å². The maximum atomic E-state index is 11.8. The molecule has 0 aliphatic carbocycles. The Bertz CT molecular complexity index is 209. The Morgan fingerprint density at radius 1 is 1.60 bits per heavy atom. The van der Waals surface area contributed by atoms with Crippen molar-refractivity contribution in [3.63, 3.8) is 0 Å². The number of nitrogens with two attached hydrogens (primary N) is 1. The van der Waals surface area contributed by atoms with Crippen LogP contribution in [0.4, 0.5) is 0 Å². The first-order valence-corrected chi connectivity index (χ1v) is 5.37. The molecule has 1 unspecified atom stereocenters. The second kappa shape index (κ2) is 6.05. The molecule has 0 spiro atoms. The molecular weight excluding hydrogens is 194 g/mol. The molecule has 0 aromatic carbocycles. The van der Waals surface area contributed by atoms with Crippen LogP contribution in [-0.2, 0) is 9.53 Å². The third kappa shape index (κ3) is 4.15. The van der Waals surface area contributed by atoms with Crippen molar-refractivity contribution in [1.82, 2.24) is 9.80 Å². The van der Waals surface area contributed by atoms with Gasteiger partial charge in [-0.3, -0.25) is 4.79 Å². The highest BCUT2D eigenvalue weighted by Crippen LogP contribution is 2.05. The van der Waals surface area contributed by atoms with E-state index < -0.39 is 0 Å². The van der Waals surface area contributed by atoms with Gasteiger partial charge in [0.25, 0.3) is 0 Å². The summed E-state index contributed by atoms with van der Waals surface area (Å²) in [5.74, 6) is 0.199. The van der Waals surface area contributed by atoms with Crippen molar-refractivity contribution >= 4 is 5.91 Å². The zero-order valence-electron chi connectivity index (χ0n) is 9.61. The summed E-state index contributed by atoms with van der Waals surface area (Å²) in [6.45, 7) is 3.22. The van der Waals surface area contributed by atoms with Gasteiger partial charge in [-0.15, -0.1) is 0 Å². The molecule has 15 heavy (non-hydrogen) atoms. The molecule has 88 valence electrons. The van der Waals surface area contributed by atoms with E-state index in [4.69, 9.17) is 10.5 Å². The second-order valence-electron chi connectivity index (χ2n) is 4.12. The molecule has 0 aromatic rings. The van der Waals surface area contributed by atoms with Crippen LogP contribution in [0.25, 0.3) is 0 Å². The highest BCUT2D eigenvalue weighted by Gasteiger charge is 2.22. The first kappa shape index (κ1) is 12.4. The van der Waals surface area contributed by atoms with Crippen molar-refractivity contribution in [3.8, 4) is 0 Å². The number of hydrogen-bond donors (Lipinski definition) is 1. The molecule has 1 rings (SSSR count). The summed E-state index contributed by atoms with van der Waals surface area (Å²) in [6, 6.07) is 0. The fraction of sp³-hybridized carbons (Fsp3) is 0.900. The second-order valence-corrected chi connectivity index (χ2v) is 4.12. The van der Waals surface area contributed by atoms with Gasteiger partial charge in [-0.05, 0) is 14.1 Å². The average Bonchev–Trinajstić information content (AvgIpc) is 2.26. The monoisotopic (exact) mass is 215 g/mol. The summed E-state index contributed by atoms with van der Waals surface area (Å²) in [6.07, 6.45) is 0.589. The van der Waals surface area contributed by atoms with Gasteiger partial charge in [0.1, 0.15) is 0 Å². The lowest BCUT2D eigenvalue weighted by Crippen LogP contribution is -2.48. The van der Waals surface area contributed by atoms with Gasteiger partial charge in [0, 0.05) is 32.6 Å². The highest BCUT2D eigenvalue weighted by atomic mass is 16.5. The number of nitrogens with zero attached hydrogens (tertiary/aromatic N) is 2. The number of carbonyl (C=O) groups excluding carboxylic acids is 1. The molecule has 5 nitrogen and oxygen atoms in total. The van der Waals surface area contributed by atoms with Crippen molar-refractivity contribution in [2.45, 2.75) is 12.5 Å². The summed E-state index contributed by atoms with van der Waals surface area (Å²) < 4.78 is 5.40. The van der Waals surface area contributed by atoms with Gasteiger partial charge < -0.3 is 20.3 Å². The van der Waals surface area contributed by atoms with E-state index in [1.54, 1.807) is 0 Å². The predicted octanol–water partition coefficient (Wildman–Crippen LogP) is -0.876. The number of carbonyl (C=O) groups is 1. The average molecular weight is 215 g/mol. The normalized spacial score (nSPS) is 22.1. The topological polar surface area (TPSA) is 58.8 Å². The molecule has 1 aliphatic rings. The van der Waals surface area contributed by atoms with E-state index >= 15 is 0 Å². The predicted molar refractivity (Wildman–Crippen MR) is 58.5 cm³/mol. The third-order valence-corrected chi connectivity index (χ3v) is 2.53. The zero-order valence-corrected chi connectivity index (χ0v) is 9.61. The Morgan fingerprint density at radius 2 is 2.33 bits per heavy atom. The molecule has 1 heterocycles. The highest BCUT2D eigenvalue weighted by molar-refractivity contribution is 5.76. The molecule has 0 bridgehead atoms. The molecule has 1 saturated heterocycles. The van der Waals surface area contributed by atoms with Crippen LogP contribution < -0.4 is 5.73 Å². The number of hydrogen-bond acceptors (Lipinski definition) is 4. The van der Waals surface area contributed by atoms with Gasteiger partial charge in [-0.2, -0.15) is 0 Å². The summed E-state index contributed by atoms with van der Waals surface area (Å²) in [5, 5.41) is 0. The van der Waals surface area contributed by atoms with Crippen LogP contribution >= 0.6 is 0 Å². The Labute approximate surface area is 91.2 Å². The quantitative estimate of drug-likeness (QED) is 0.662.